The lowest BCUT2D eigenvalue weighted by molar-refractivity contribution is -0.132. The molecular weight excluding hydrogens is 654 g/mol. The SMILES string of the molecule is [C-]#[N+]c1cc(Cl)cc2c1C[C@H](N1CCCCC1)[C@H]2Oc1ccc(S(=O)(=O)NC2CCN(C(=O)CCCNC(=O)OC(C)(C)C)CC2)cc1. The van der Waals surface area contributed by atoms with E-state index in [0.717, 1.165) is 37.1 Å². The van der Waals surface area contributed by atoms with Crippen molar-refractivity contribution in [3.05, 3.63) is 64.0 Å². The molecule has 2 aliphatic heterocycles. The van der Waals surface area contributed by atoms with Crippen LogP contribution in [-0.4, -0.2) is 80.6 Å². The van der Waals surface area contributed by atoms with Crippen LogP contribution in [0.2, 0.25) is 5.02 Å². The number of rotatable bonds is 10. The molecule has 2 atom stereocenters. The molecule has 0 spiro atoms. The van der Waals surface area contributed by atoms with Gasteiger partial charge in [0.15, 0.2) is 5.69 Å². The van der Waals surface area contributed by atoms with Crippen molar-refractivity contribution in [3.8, 4) is 5.75 Å². The molecule has 1 aliphatic carbocycles. The monoisotopic (exact) mass is 699 g/mol. The number of amides is 2. The Labute approximate surface area is 289 Å². The number of nitrogens with one attached hydrogen (secondary N) is 2. The molecule has 48 heavy (non-hydrogen) atoms. The van der Waals surface area contributed by atoms with Crippen LogP contribution in [0.1, 0.15) is 82.9 Å². The molecule has 13 heteroatoms. The van der Waals surface area contributed by atoms with Crippen molar-refractivity contribution in [3.63, 3.8) is 0 Å². The summed E-state index contributed by atoms with van der Waals surface area (Å²) < 4.78 is 41.2. The van der Waals surface area contributed by atoms with Crippen molar-refractivity contribution in [2.75, 3.05) is 32.7 Å². The molecule has 2 aromatic rings. The molecule has 2 saturated heterocycles. The number of ether oxygens (including phenoxy) is 2. The Hall–Kier alpha value is -3.37. The van der Waals surface area contributed by atoms with Crippen LogP contribution in [0.3, 0.4) is 0 Å². The number of carbonyl (C=O) groups excluding carboxylic acids is 2. The molecule has 0 saturated carbocycles. The maximum atomic E-state index is 13.3. The summed E-state index contributed by atoms with van der Waals surface area (Å²) in [6.07, 6.45) is 5.14. The first-order valence-corrected chi connectivity index (χ1v) is 18.7. The van der Waals surface area contributed by atoms with Gasteiger partial charge in [0, 0.05) is 37.1 Å². The largest absolute Gasteiger partial charge is 0.484 e. The second-order valence-corrected chi connectivity index (χ2v) is 15.9. The van der Waals surface area contributed by atoms with Gasteiger partial charge in [0.25, 0.3) is 0 Å². The van der Waals surface area contributed by atoms with Gasteiger partial charge in [-0.25, -0.2) is 22.8 Å². The van der Waals surface area contributed by atoms with Crippen LogP contribution in [0.5, 0.6) is 5.75 Å². The number of hydrogen-bond acceptors (Lipinski definition) is 7. The Bertz CT molecular complexity index is 1610. The Morgan fingerprint density at radius 3 is 2.38 bits per heavy atom. The first-order chi connectivity index (χ1) is 22.8. The van der Waals surface area contributed by atoms with E-state index in [1.165, 1.54) is 6.42 Å². The minimum atomic E-state index is -3.79. The predicted molar refractivity (Wildman–Crippen MR) is 184 cm³/mol. The third kappa shape index (κ3) is 9.20. The number of benzene rings is 2. The van der Waals surface area contributed by atoms with Crippen LogP contribution in [-0.2, 0) is 26.0 Å². The average molecular weight is 700 g/mol. The second-order valence-electron chi connectivity index (χ2n) is 13.8. The zero-order valence-electron chi connectivity index (χ0n) is 28.0. The fourth-order valence-corrected chi connectivity index (χ4v) is 8.26. The van der Waals surface area contributed by atoms with Crippen molar-refractivity contribution in [2.45, 2.75) is 101 Å². The lowest BCUT2D eigenvalue weighted by Crippen LogP contribution is -2.46. The number of hydrogen-bond donors (Lipinski definition) is 2. The lowest BCUT2D eigenvalue weighted by atomic mass is 10.0. The van der Waals surface area contributed by atoms with Crippen LogP contribution < -0.4 is 14.8 Å². The summed E-state index contributed by atoms with van der Waals surface area (Å²) in [7, 11) is -3.79. The highest BCUT2D eigenvalue weighted by Gasteiger charge is 2.40. The normalized spacial score (nSPS) is 20.5. The van der Waals surface area contributed by atoms with E-state index in [2.05, 4.69) is 19.8 Å². The molecule has 260 valence electrons. The van der Waals surface area contributed by atoms with Gasteiger partial charge >= 0.3 is 6.09 Å². The van der Waals surface area contributed by atoms with Gasteiger partial charge in [0.2, 0.25) is 15.9 Å². The highest BCUT2D eigenvalue weighted by atomic mass is 35.5. The van der Waals surface area contributed by atoms with E-state index >= 15 is 0 Å². The smallest absolute Gasteiger partial charge is 0.407 e. The average Bonchev–Trinajstić information content (AvgIpc) is 3.40. The summed E-state index contributed by atoms with van der Waals surface area (Å²) >= 11 is 6.41. The van der Waals surface area contributed by atoms with Crippen LogP contribution in [0.25, 0.3) is 4.85 Å². The van der Waals surface area contributed by atoms with E-state index < -0.39 is 21.7 Å². The summed E-state index contributed by atoms with van der Waals surface area (Å²) in [6.45, 7) is 16.3. The Balaban J connectivity index is 1.14. The van der Waals surface area contributed by atoms with Gasteiger partial charge in [-0.05, 0) is 120 Å². The number of likely N-dealkylation sites (tertiary alicyclic amines) is 2. The highest BCUT2D eigenvalue weighted by Crippen LogP contribution is 2.44. The van der Waals surface area contributed by atoms with E-state index in [1.54, 1.807) is 56.0 Å². The van der Waals surface area contributed by atoms with Crippen molar-refractivity contribution >= 4 is 39.3 Å². The molecule has 3 aliphatic rings. The number of nitrogens with zero attached hydrogens (tertiary/aromatic N) is 3. The van der Waals surface area contributed by atoms with E-state index in [4.69, 9.17) is 27.6 Å². The molecule has 11 nitrogen and oxygen atoms in total. The standard InChI is InChI=1S/C35H46ClN5O6S/c1-35(2,3)47-34(43)38-16-8-9-32(42)41-19-14-25(15-20-41)39-48(44,45)27-12-10-26(11-13-27)46-33-29-21-24(36)22-30(37-4)28(29)23-31(33)40-17-6-5-7-18-40/h10-13,21-22,25,31,33,39H,5-9,14-20,23H2,1-3H3,(H,38,43)/t31-,33-/m0/s1. The molecule has 2 aromatic carbocycles. The van der Waals surface area contributed by atoms with Crippen molar-refractivity contribution in [1.29, 1.82) is 0 Å². The topological polar surface area (TPSA) is 122 Å². The van der Waals surface area contributed by atoms with Gasteiger partial charge in [-0.3, -0.25) is 9.69 Å². The quantitative estimate of drug-likeness (QED) is 0.231. The Kier molecular flexibility index (Phi) is 11.6. The van der Waals surface area contributed by atoms with Crippen LogP contribution in [0, 0.1) is 6.57 Å². The van der Waals surface area contributed by atoms with Gasteiger partial charge in [-0.1, -0.05) is 18.0 Å². The number of piperidine rings is 2. The van der Waals surface area contributed by atoms with E-state index in [9.17, 15) is 18.0 Å². The first-order valence-electron chi connectivity index (χ1n) is 16.8. The molecule has 2 heterocycles. The molecule has 2 fully saturated rings. The maximum absolute atomic E-state index is 13.3. The fraction of sp³-hybridized carbons (Fsp3) is 0.571. The molecule has 5 rings (SSSR count). The van der Waals surface area contributed by atoms with Crippen molar-refractivity contribution in [1.82, 2.24) is 19.8 Å². The minimum Gasteiger partial charge on any atom is -0.484 e. The number of fused-ring (bicyclic) bond motifs is 1. The Morgan fingerprint density at radius 1 is 1.04 bits per heavy atom. The zero-order valence-corrected chi connectivity index (χ0v) is 29.5. The number of sulfonamides is 1. The summed E-state index contributed by atoms with van der Waals surface area (Å²) in [5.74, 6) is 0.532. The van der Waals surface area contributed by atoms with Crippen LogP contribution >= 0.6 is 11.6 Å². The second kappa shape index (κ2) is 15.5. The summed E-state index contributed by atoms with van der Waals surface area (Å²) in [5, 5.41) is 3.16. The molecule has 2 amide bonds. The third-order valence-corrected chi connectivity index (χ3v) is 10.8. The van der Waals surface area contributed by atoms with Gasteiger partial charge in [0.1, 0.15) is 17.5 Å². The van der Waals surface area contributed by atoms with E-state index in [1.807, 2.05) is 6.07 Å². The molecule has 0 bridgehead atoms. The predicted octanol–water partition coefficient (Wildman–Crippen LogP) is 6.00. The van der Waals surface area contributed by atoms with Gasteiger partial charge in [-0.15, -0.1) is 0 Å². The first kappa shape index (κ1) is 35.9. The zero-order chi connectivity index (χ0) is 34.5. The molecule has 0 aromatic heterocycles. The molecular formula is C35H46ClN5O6S. The summed E-state index contributed by atoms with van der Waals surface area (Å²) in [5.41, 5.74) is 1.87. The van der Waals surface area contributed by atoms with Gasteiger partial charge in [0.05, 0.1) is 17.5 Å². The van der Waals surface area contributed by atoms with E-state index in [0.29, 0.717) is 68.2 Å². The molecule has 2 N–H and O–H groups in total. The summed E-state index contributed by atoms with van der Waals surface area (Å²) in [4.78, 5) is 32.5. The number of halogens is 1. The molecule has 0 radical (unpaired) electrons. The van der Waals surface area contributed by atoms with Crippen LogP contribution in [0.4, 0.5) is 10.5 Å². The Morgan fingerprint density at radius 2 is 1.73 bits per heavy atom. The fourth-order valence-electron chi connectivity index (χ4n) is 6.74. The highest BCUT2D eigenvalue weighted by molar-refractivity contribution is 7.89. The third-order valence-electron chi connectivity index (χ3n) is 9.08. The van der Waals surface area contributed by atoms with E-state index in [-0.39, 0.29) is 29.0 Å². The van der Waals surface area contributed by atoms with Crippen LogP contribution in [0.15, 0.2) is 41.3 Å². The minimum absolute atomic E-state index is 0.0159. The van der Waals surface area contributed by atoms with Crippen molar-refractivity contribution in [2.24, 2.45) is 0 Å². The van der Waals surface area contributed by atoms with Gasteiger partial charge in [-0.2, -0.15) is 0 Å². The van der Waals surface area contributed by atoms with Crippen molar-refractivity contribution < 1.29 is 27.5 Å². The number of alkyl carbamates (subject to hydrolysis) is 1. The molecule has 0 unspecified atom stereocenters. The maximum Gasteiger partial charge on any atom is 0.407 e. The van der Waals surface area contributed by atoms with Gasteiger partial charge < -0.3 is 19.7 Å². The lowest BCUT2D eigenvalue weighted by Gasteiger charge is -2.36. The summed E-state index contributed by atoms with van der Waals surface area (Å²) in [6, 6.07) is 9.85. The number of carbonyl (C=O) groups is 2.